The van der Waals surface area contributed by atoms with Crippen molar-refractivity contribution < 1.29 is 9.53 Å². The molecule has 0 bridgehead atoms. The fraction of sp³-hybridized carbons (Fsp3) is 0.562. The molecular weight excluding hydrogens is 266 g/mol. The molecule has 1 aromatic carbocycles. The lowest BCUT2D eigenvalue weighted by atomic mass is 10.0. The molecule has 1 fully saturated rings. The van der Waals surface area contributed by atoms with Gasteiger partial charge in [-0.15, -0.1) is 0 Å². The Hall–Kier alpha value is -1.59. The fourth-order valence-corrected chi connectivity index (χ4v) is 2.70. The highest BCUT2D eigenvalue weighted by Crippen LogP contribution is 2.15. The van der Waals surface area contributed by atoms with Crippen LogP contribution >= 0.6 is 0 Å². The molecule has 2 N–H and O–H groups in total. The van der Waals surface area contributed by atoms with Crippen LogP contribution in [0.5, 0.6) is 0 Å². The number of likely N-dealkylation sites (tertiary alicyclic amines) is 1. The standard InChI is InChI=1S/C16H25N3O2/c1-18(15-8-5-10-19(12-15)11-9-17)16(20)21-13-14-6-3-2-4-7-14/h2-4,6-7,15H,5,8-13,17H2,1H3/t15-/m0/s1. The highest BCUT2D eigenvalue weighted by atomic mass is 16.6. The van der Waals surface area contributed by atoms with Gasteiger partial charge in [-0.1, -0.05) is 30.3 Å². The maximum Gasteiger partial charge on any atom is 0.410 e. The average molecular weight is 291 g/mol. The van der Waals surface area contributed by atoms with E-state index in [-0.39, 0.29) is 12.1 Å². The predicted octanol–water partition coefficient (Wildman–Crippen LogP) is 1.68. The van der Waals surface area contributed by atoms with E-state index in [4.69, 9.17) is 10.5 Å². The van der Waals surface area contributed by atoms with Crippen molar-refractivity contribution in [2.75, 3.05) is 33.2 Å². The summed E-state index contributed by atoms with van der Waals surface area (Å²) in [5.74, 6) is 0. The minimum absolute atomic E-state index is 0.216. The molecule has 5 nitrogen and oxygen atoms in total. The molecule has 21 heavy (non-hydrogen) atoms. The summed E-state index contributed by atoms with van der Waals surface area (Å²) in [5, 5.41) is 0. The monoisotopic (exact) mass is 291 g/mol. The first-order valence-electron chi connectivity index (χ1n) is 7.56. The third kappa shape index (κ3) is 4.72. The van der Waals surface area contributed by atoms with E-state index in [0.29, 0.717) is 13.2 Å². The Balaban J connectivity index is 1.81. The number of rotatable bonds is 5. The summed E-state index contributed by atoms with van der Waals surface area (Å²) in [5.41, 5.74) is 6.61. The maximum atomic E-state index is 12.1. The number of benzene rings is 1. The number of carbonyl (C=O) groups excluding carboxylic acids is 1. The van der Waals surface area contributed by atoms with Crippen molar-refractivity contribution >= 4 is 6.09 Å². The minimum atomic E-state index is -0.251. The van der Waals surface area contributed by atoms with Crippen LogP contribution in [-0.2, 0) is 11.3 Å². The van der Waals surface area contributed by atoms with Gasteiger partial charge in [0, 0.05) is 32.7 Å². The van der Waals surface area contributed by atoms with E-state index in [1.165, 1.54) is 0 Å². The topological polar surface area (TPSA) is 58.8 Å². The first kappa shape index (κ1) is 15.8. The molecular formula is C16H25N3O2. The van der Waals surface area contributed by atoms with Crippen LogP contribution in [-0.4, -0.2) is 55.2 Å². The maximum absolute atomic E-state index is 12.1. The number of hydrogen-bond acceptors (Lipinski definition) is 4. The van der Waals surface area contributed by atoms with Crippen LogP contribution in [0, 0.1) is 0 Å². The van der Waals surface area contributed by atoms with Crippen molar-refractivity contribution in [2.45, 2.75) is 25.5 Å². The van der Waals surface area contributed by atoms with E-state index >= 15 is 0 Å². The van der Waals surface area contributed by atoms with Crippen LogP contribution in [0.1, 0.15) is 18.4 Å². The molecule has 0 saturated carbocycles. The van der Waals surface area contributed by atoms with E-state index in [1.807, 2.05) is 37.4 Å². The average Bonchev–Trinajstić information content (AvgIpc) is 2.53. The molecule has 2 rings (SSSR count). The molecule has 1 aliphatic rings. The van der Waals surface area contributed by atoms with Gasteiger partial charge in [-0.2, -0.15) is 0 Å². The second-order valence-corrected chi connectivity index (χ2v) is 5.54. The zero-order chi connectivity index (χ0) is 15.1. The third-order valence-electron chi connectivity index (χ3n) is 3.97. The van der Waals surface area contributed by atoms with Gasteiger partial charge in [0.25, 0.3) is 0 Å². The van der Waals surface area contributed by atoms with Crippen LogP contribution in [0.2, 0.25) is 0 Å². The van der Waals surface area contributed by atoms with Gasteiger partial charge in [-0.05, 0) is 24.9 Å². The van der Waals surface area contributed by atoms with Crippen LogP contribution in [0.25, 0.3) is 0 Å². The first-order chi connectivity index (χ1) is 10.2. The molecule has 1 amide bonds. The Kier molecular flexibility index (Phi) is 6.02. The molecule has 1 saturated heterocycles. The molecule has 1 aliphatic heterocycles. The van der Waals surface area contributed by atoms with Crippen molar-refractivity contribution in [3.8, 4) is 0 Å². The molecule has 1 heterocycles. The lowest BCUT2D eigenvalue weighted by molar-refractivity contribution is 0.0687. The second kappa shape index (κ2) is 8.00. The van der Waals surface area contributed by atoms with Crippen LogP contribution < -0.4 is 5.73 Å². The fourth-order valence-electron chi connectivity index (χ4n) is 2.70. The Morgan fingerprint density at radius 3 is 2.90 bits per heavy atom. The number of nitrogens with zero attached hydrogens (tertiary/aromatic N) is 2. The summed E-state index contributed by atoms with van der Waals surface area (Å²) in [4.78, 5) is 16.2. The first-order valence-corrected chi connectivity index (χ1v) is 7.56. The number of amides is 1. The van der Waals surface area contributed by atoms with Gasteiger partial charge in [0.15, 0.2) is 0 Å². The summed E-state index contributed by atoms with van der Waals surface area (Å²) >= 11 is 0. The smallest absolute Gasteiger partial charge is 0.410 e. The number of nitrogens with two attached hydrogens (primary N) is 1. The molecule has 1 atom stereocenters. The van der Waals surface area contributed by atoms with Crippen LogP contribution in [0.4, 0.5) is 4.79 Å². The van der Waals surface area contributed by atoms with Crippen molar-refractivity contribution in [1.82, 2.24) is 9.80 Å². The van der Waals surface area contributed by atoms with Gasteiger partial charge < -0.3 is 20.3 Å². The van der Waals surface area contributed by atoms with Crippen LogP contribution in [0.3, 0.4) is 0 Å². The minimum Gasteiger partial charge on any atom is -0.445 e. The van der Waals surface area contributed by atoms with E-state index < -0.39 is 0 Å². The van der Waals surface area contributed by atoms with Gasteiger partial charge in [0.2, 0.25) is 0 Å². The molecule has 0 spiro atoms. The second-order valence-electron chi connectivity index (χ2n) is 5.54. The molecule has 0 aromatic heterocycles. The van der Waals surface area contributed by atoms with Crippen molar-refractivity contribution in [2.24, 2.45) is 5.73 Å². The van der Waals surface area contributed by atoms with E-state index in [2.05, 4.69) is 4.90 Å². The number of carbonyl (C=O) groups is 1. The van der Waals surface area contributed by atoms with Crippen molar-refractivity contribution in [3.05, 3.63) is 35.9 Å². The van der Waals surface area contributed by atoms with Gasteiger partial charge in [0.1, 0.15) is 6.61 Å². The highest BCUT2D eigenvalue weighted by Gasteiger charge is 2.26. The number of hydrogen-bond donors (Lipinski definition) is 1. The number of piperidine rings is 1. The highest BCUT2D eigenvalue weighted by molar-refractivity contribution is 5.67. The molecule has 5 heteroatoms. The van der Waals surface area contributed by atoms with Crippen molar-refractivity contribution in [1.29, 1.82) is 0 Å². The van der Waals surface area contributed by atoms with Gasteiger partial charge in [-0.3, -0.25) is 0 Å². The summed E-state index contributed by atoms with van der Waals surface area (Å²) in [6.45, 7) is 3.83. The van der Waals surface area contributed by atoms with Gasteiger partial charge in [-0.25, -0.2) is 4.79 Å². The molecule has 116 valence electrons. The summed E-state index contributed by atoms with van der Waals surface area (Å²) < 4.78 is 5.38. The van der Waals surface area contributed by atoms with E-state index in [9.17, 15) is 4.79 Å². The Labute approximate surface area is 126 Å². The quantitative estimate of drug-likeness (QED) is 0.896. The van der Waals surface area contributed by atoms with E-state index in [0.717, 1.165) is 38.0 Å². The van der Waals surface area contributed by atoms with Gasteiger partial charge >= 0.3 is 6.09 Å². The molecule has 0 radical (unpaired) electrons. The lowest BCUT2D eigenvalue weighted by Gasteiger charge is -2.36. The van der Waals surface area contributed by atoms with E-state index in [1.54, 1.807) is 4.90 Å². The summed E-state index contributed by atoms with van der Waals surface area (Å²) in [6.07, 6.45) is 1.87. The predicted molar refractivity (Wildman–Crippen MR) is 82.9 cm³/mol. The lowest BCUT2D eigenvalue weighted by Crippen LogP contribution is -2.49. The third-order valence-corrected chi connectivity index (χ3v) is 3.97. The zero-order valence-corrected chi connectivity index (χ0v) is 12.7. The van der Waals surface area contributed by atoms with Crippen molar-refractivity contribution in [3.63, 3.8) is 0 Å². The molecule has 0 aliphatic carbocycles. The summed E-state index contributed by atoms with van der Waals surface area (Å²) in [7, 11) is 1.82. The Morgan fingerprint density at radius 2 is 2.19 bits per heavy atom. The number of likely N-dealkylation sites (N-methyl/N-ethyl adjacent to an activating group) is 1. The summed E-state index contributed by atoms with van der Waals surface area (Å²) in [6, 6.07) is 9.96. The zero-order valence-electron chi connectivity index (χ0n) is 12.7. The van der Waals surface area contributed by atoms with Crippen LogP contribution in [0.15, 0.2) is 30.3 Å². The normalized spacial score (nSPS) is 19.2. The molecule has 0 unspecified atom stereocenters. The van der Waals surface area contributed by atoms with Gasteiger partial charge in [0.05, 0.1) is 0 Å². The number of ether oxygens (including phenoxy) is 1. The Bertz CT molecular complexity index is 436. The Morgan fingerprint density at radius 1 is 1.43 bits per heavy atom. The SMILES string of the molecule is CN(C(=O)OCc1ccccc1)[C@H]1CCCN(CCN)C1. The largest absolute Gasteiger partial charge is 0.445 e. The molecule has 1 aromatic rings.